The number of carboxylic acid groups (broad SMARTS) is 1. The molecular weight excluding hydrogens is 250 g/mol. The smallest absolute Gasteiger partial charge is 0.317 e. The Hall–Kier alpha value is -1.79. The van der Waals surface area contributed by atoms with E-state index in [0.29, 0.717) is 19.4 Å². The zero-order chi connectivity index (χ0) is 14.5. The Morgan fingerprint density at radius 1 is 1.42 bits per heavy atom. The molecule has 7 nitrogen and oxygen atoms in total. The van der Waals surface area contributed by atoms with Gasteiger partial charge in [0.05, 0.1) is 5.41 Å². The summed E-state index contributed by atoms with van der Waals surface area (Å²) in [5.41, 5.74) is 4.15. The van der Waals surface area contributed by atoms with Crippen LogP contribution >= 0.6 is 0 Å². The maximum absolute atomic E-state index is 11.8. The fourth-order valence-corrected chi connectivity index (χ4v) is 2.41. The summed E-state index contributed by atoms with van der Waals surface area (Å²) >= 11 is 0. The highest BCUT2D eigenvalue weighted by atomic mass is 16.4. The van der Waals surface area contributed by atoms with Crippen molar-refractivity contribution in [2.24, 2.45) is 11.1 Å². The highest BCUT2D eigenvalue weighted by Gasteiger charge is 2.45. The van der Waals surface area contributed by atoms with Gasteiger partial charge in [-0.1, -0.05) is 13.3 Å². The lowest BCUT2D eigenvalue weighted by Gasteiger charge is -2.24. The summed E-state index contributed by atoms with van der Waals surface area (Å²) in [6, 6.07) is -0.333. The van der Waals surface area contributed by atoms with Crippen LogP contribution < -0.4 is 11.1 Å². The third-order valence-corrected chi connectivity index (χ3v) is 3.47. The summed E-state index contributed by atoms with van der Waals surface area (Å²) in [4.78, 5) is 35.2. The standard InChI is InChI=1S/C12H21N3O4/c1-2-4-12(10(17)18)5-7-15(8-12)11(19)14-6-3-9(13)16/h2-8H2,1H3,(H2,13,16)(H,14,19)(H,17,18). The fraction of sp³-hybridized carbons (Fsp3) is 0.750. The molecule has 19 heavy (non-hydrogen) atoms. The van der Waals surface area contributed by atoms with Crippen LogP contribution in [0.5, 0.6) is 0 Å². The van der Waals surface area contributed by atoms with Gasteiger partial charge in [0.15, 0.2) is 0 Å². The van der Waals surface area contributed by atoms with E-state index in [2.05, 4.69) is 5.32 Å². The van der Waals surface area contributed by atoms with E-state index in [1.165, 1.54) is 4.90 Å². The minimum Gasteiger partial charge on any atom is -0.481 e. The molecule has 1 aliphatic rings. The fourth-order valence-electron chi connectivity index (χ4n) is 2.41. The number of likely N-dealkylation sites (tertiary alicyclic amines) is 1. The third-order valence-electron chi connectivity index (χ3n) is 3.47. The predicted molar refractivity (Wildman–Crippen MR) is 68.4 cm³/mol. The molecule has 1 rings (SSSR count). The SMILES string of the molecule is CCCC1(C(=O)O)CCN(C(=O)NCCC(N)=O)C1. The number of urea groups is 1. The van der Waals surface area contributed by atoms with E-state index in [4.69, 9.17) is 5.73 Å². The monoisotopic (exact) mass is 271 g/mol. The molecule has 1 heterocycles. The van der Waals surface area contributed by atoms with Crippen molar-refractivity contribution in [2.45, 2.75) is 32.6 Å². The first-order valence-corrected chi connectivity index (χ1v) is 6.46. The second-order valence-corrected chi connectivity index (χ2v) is 4.96. The molecule has 1 unspecified atom stereocenters. The zero-order valence-corrected chi connectivity index (χ0v) is 11.1. The largest absolute Gasteiger partial charge is 0.481 e. The number of primary amides is 1. The number of rotatable bonds is 6. The number of carbonyl (C=O) groups excluding carboxylic acids is 2. The van der Waals surface area contributed by atoms with E-state index < -0.39 is 17.3 Å². The summed E-state index contributed by atoms with van der Waals surface area (Å²) in [6.07, 6.45) is 1.88. The molecule has 0 spiro atoms. The topological polar surface area (TPSA) is 113 Å². The lowest BCUT2D eigenvalue weighted by Crippen LogP contribution is -2.42. The van der Waals surface area contributed by atoms with E-state index in [-0.39, 0.29) is 25.5 Å². The maximum Gasteiger partial charge on any atom is 0.317 e. The lowest BCUT2D eigenvalue weighted by atomic mass is 9.83. The molecular formula is C12H21N3O4. The van der Waals surface area contributed by atoms with Gasteiger partial charge in [-0.25, -0.2) is 4.79 Å². The Balaban J connectivity index is 2.52. The van der Waals surface area contributed by atoms with Crippen LogP contribution in [-0.2, 0) is 9.59 Å². The van der Waals surface area contributed by atoms with Gasteiger partial charge in [-0.2, -0.15) is 0 Å². The zero-order valence-electron chi connectivity index (χ0n) is 11.1. The van der Waals surface area contributed by atoms with Gasteiger partial charge in [-0.05, 0) is 12.8 Å². The number of nitrogens with zero attached hydrogens (tertiary/aromatic N) is 1. The first kappa shape index (κ1) is 15.3. The Labute approximate surface area is 112 Å². The molecule has 108 valence electrons. The highest BCUT2D eigenvalue weighted by molar-refractivity contribution is 5.80. The van der Waals surface area contributed by atoms with Crippen molar-refractivity contribution in [2.75, 3.05) is 19.6 Å². The number of carboxylic acids is 1. The van der Waals surface area contributed by atoms with Crippen molar-refractivity contribution in [3.8, 4) is 0 Å². The lowest BCUT2D eigenvalue weighted by molar-refractivity contribution is -0.148. The average molecular weight is 271 g/mol. The van der Waals surface area contributed by atoms with Gasteiger partial charge in [0.1, 0.15) is 0 Å². The van der Waals surface area contributed by atoms with Gasteiger partial charge in [0.2, 0.25) is 5.91 Å². The molecule has 4 N–H and O–H groups in total. The van der Waals surface area contributed by atoms with Crippen molar-refractivity contribution < 1.29 is 19.5 Å². The van der Waals surface area contributed by atoms with Crippen LogP contribution in [0.15, 0.2) is 0 Å². The van der Waals surface area contributed by atoms with Gasteiger partial charge < -0.3 is 21.1 Å². The number of nitrogens with one attached hydrogen (secondary N) is 1. The molecule has 0 aromatic rings. The van der Waals surface area contributed by atoms with Crippen molar-refractivity contribution in [3.05, 3.63) is 0 Å². The molecule has 3 amide bonds. The van der Waals surface area contributed by atoms with Gasteiger partial charge in [-0.15, -0.1) is 0 Å². The molecule has 7 heteroatoms. The number of amides is 3. The summed E-state index contributed by atoms with van der Waals surface area (Å²) in [5.74, 6) is -1.32. The Morgan fingerprint density at radius 3 is 2.63 bits per heavy atom. The van der Waals surface area contributed by atoms with Crippen molar-refractivity contribution in [1.29, 1.82) is 0 Å². The third kappa shape index (κ3) is 3.84. The quantitative estimate of drug-likeness (QED) is 0.638. The summed E-state index contributed by atoms with van der Waals surface area (Å²) < 4.78 is 0. The van der Waals surface area contributed by atoms with Crippen molar-refractivity contribution in [3.63, 3.8) is 0 Å². The van der Waals surface area contributed by atoms with Crippen LogP contribution in [0, 0.1) is 5.41 Å². The van der Waals surface area contributed by atoms with E-state index in [0.717, 1.165) is 6.42 Å². The van der Waals surface area contributed by atoms with E-state index in [9.17, 15) is 19.5 Å². The van der Waals surface area contributed by atoms with Crippen LogP contribution in [0.1, 0.15) is 32.6 Å². The normalized spacial score (nSPS) is 22.3. The van der Waals surface area contributed by atoms with Gasteiger partial charge in [-0.3, -0.25) is 9.59 Å². The first-order chi connectivity index (χ1) is 8.91. The Kier molecular flexibility index (Phi) is 5.14. The predicted octanol–water partition coefficient (Wildman–Crippen LogP) is 0.148. The summed E-state index contributed by atoms with van der Waals surface area (Å²) in [7, 11) is 0. The van der Waals surface area contributed by atoms with Crippen LogP contribution in [0.3, 0.4) is 0 Å². The van der Waals surface area contributed by atoms with Gasteiger partial charge in [0, 0.05) is 26.1 Å². The molecule has 0 bridgehead atoms. The Bertz CT molecular complexity index is 372. The Morgan fingerprint density at radius 2 is 2.11 bits per heavy atom. The second kappa shape index (κ2) is 6.40. The molecule has 1 atom stereocenters. The minimum absolute atomic E-state index is 0.0820. The molecule has 1 saturated heterocycles. The van der Waals surface area contributed by atoms with Crippen LogP contribution in [0.25, 0.3) is 0 Å². The molecule has 0 aromatic heterocycles. The maximum atomic E-state index is 11.8. The first-order valence-electron chi connectivity index (χ1n) is 6.46. The molecule has 0 aliphatic carbocycles. The van der Waals surface area contributed by atoms with Gasteiger partial charge in [0.25, 0.3) is 0 Å². The highest BCUT2D eigenvalue weighted by Crippen LogP contribution is 2.35. The van der Waals surface area contributed by atoms with Crippen LogP contribution in [0.4, 0.5) is 4.79 Å². The minimum atomic E-state index is -0.846. The van der Waals surface area contributed by atoms with Crippen molar-refractivity contribution >= 4 is 17.9 Å². The number of hydrogen-bond donors (Lipinski definition) is 3. The summed E-state index contributed by atoms with van der Waals surface area (Å²) in [6.45, 7) is 2.76. The second-order valence-electron chi connectivity index (χ2n) is 4.96. The number of aliphatic carboxylic acids is 1. The van der Waals surface area contributed by atoms with Crippen LogP contribution in [0.2, 0.25) is 0 Å². The van der Waals surface area contributed by atoms with Gasteiger partial charge >= 0.3 is 12.0 Å². The van der Waals surface area contributed by atoms with E-state index in [1.54, 1.807) is 0 Å². The van der Waals surface area contributed by atoms with E-state index in [1.807, 2.05) is 6.92 Å². The molecule has 0 aromatic carbocycles. The molecule has 0 saturated carbocycles. The number of nitrogens with two attached hydrogens (primary N) is 1. The number of hydrogen-bond acceptors (Lipinski definition) is 3. The summed E-state index contributed by atoms with van der Waals surface area (Å²) in [5, 5.41) is 11.9. The van der Waals surface area contributed by atoms with E-state index >= 15 is 0 Å². The molecule has 1 fully saturated rings. The number of carbonyl (C=O) groups is 3. The average Bonchev–Trinajstić information content (AvgIpc) is 2.74. The molecule has 0 radical (unpaired) electrons. The van der Waals surface area contributed by atoms with Crippen LogP contribution in [-0.4, -0.2) is 47.5 Å². The van der Waals surface area contributed by atoms with Crippen molar-refractivity contribution in [1.82, 2.24) is 10.2 Å². The molecule has 1 aliphatic heterocycles.